The zero-order chi connectivity index (χ0) is 37.6. The fourth-order valence-electron chi connectivity index (χ4n) is 8.60. The summed E-state index contributed by atoms with van der Waals surface area (Å²) in [6.45, 7) is 5.25. The van der Waals surface area contributed by atoms with Crippen molar-refractivity contribution in [2.45, 2.75) is 6.92 Å². The molecule has 0 aliphatic heterocycles. The van der Waals surface area contributed by atoms with Gasteiger partial charge in [-0.3, -0.25) is 0 Å². The Morgan fingerprint density at radius 2 is 0.786 bits per heavy atom. The second kappa shape index (κ2) is 13.9. The van der Waals surface area contributed by atoms with Gasteiger partial charge in [0.2, 0.25) is 0 Å². The highest BCUT2D eigenvalue weighted by Gasteiger charge is 2.17. The van der Waals surface area contributed by atoms with Crippen molar-refractivity contribution in [2.75, 3.05) is 0 Å². The zero-order valence-corrected chi connectivity index (χ0v) is 31.2. The van der Waals surface area contributed by atoms with Crippen molar-refractivity contribution in [3.8, 4) is 44.5 Å². The molecule has 1 nitrogen and oxygen atoms in total. The molecule has 0 bridgehead atoms. The van der Waals surface area contributed by atoms with Gasteiger partial charge in [0.25, 0.3) is 0 Å². The van der Waals surface area contributed by atoms with Crippen LogP contribution in [-0.2, 0) is 0 Å². The van der Waals surface area contributed by atoms with Crippen LogP contribution >= 0.6 is 0 Å². The molecule has 0 N–H and O–H groups in total. The van der Waals surface area contributed by atoms with E-state index in [1.165, 1.54) is 93.0 Å². The van der Waals surface area contributed by atoms with Gasteiger partial charge < -0.3 is 4.42 Å². The van der Waals surface area contributed by atoms with Gasteiger partial charge in [-0.1, -0.05) is 182 Å². The minimum Gasteiger partial charge on any atom is -0.456 e. The summed E-state index contributed by atoms with van der Waals surface area (Å²) in [5.74, 6) is 0. The van der Waals surface area contributed by atoms with Gasteiger partial charge in [-0.2, -0.15) is 0 Å². The average Bonchev–Trinajstić information content (AvgIpc) is 3.64. The standard InChI is InChI=1S/C52H32O.C3H6/c1-3-13-40-34(10-1)12-9-19-41(40)36-22-26-38(27-23-36)51-45-17-7-5-15-43(45)50(44-16-6-8-18-46(44)51)37-24-20-33(21-25-37)39-29-30-48-47(32-39)52-42-14-4-2-11-35(42)28-31-49(52)53-48;1-3-2/h1-32H;3H,1H2,2H3. The van der Waals surface area contributed by atoms with E-state index in [0.29, 0.717) is 0 Å². The Morgan fingerprint density at radius 1 is 0.357 bits per heavy atom. The summed E-state index contributed by atoms with van der Waals surface area (Å²) in [5.41, 5.74) is 11.7. The van der Waals surface area contributed by atoms with Gasteiger partial charge >= 0.3 is 0 Å². The number of rotatable bonds is 4. The van der Waals surface area contributed by atoms with Crippen molar-refractivity contribution in [2.24, 2.45) is 0 Å². The van der Waals surface area contributed by atoms with Crippen LogP contribution in [0.2, 0.25) is 0 Å². The summed E-state index contributed by atoms with van der Waals surface area (Å²) < 4.78 is 6.29. The lowest BCUT2D eigenvalue weighted by Crippen LogP contribution is -1.91. The summed E-state index contributed by atoms with van der Waals surface area (Å²) >= 11 is 0. The van der Waals surface area contributed by atoms with Gasteiger partial charge in [-0.05, 0) is 113 Å². The van der Waals surface area contributed by atoms with E-state index in [1.54, 1.807) is 6.08 Å². The van der Waals surface area contributed by atoms with Crippen molar-refractivity contribution in [1.29, 1.82) is 0 Å². The smallest absolute Gasteiger partial charge is 0.136 e. The maximum atomic E-state index is 6.29. The highest BCUT2D eigenvalue weighted by molar-refractivity contribution is 6.22. The fraction of sp³-hybridized carbons (Fsp3) is 0.0182. The van der Waals surface area contributed by atoms with E-state index in [1.807, 2.05) is 6.92 Å². The van der Waals surface area contributed by atoms with Crippen molar-refractivity contribution in [3.05, 3.63) is 207 Å². The Hall–Kier alpha value is -7.22. The second-order valence-electron chi connectivity index (χ2n) is 14.4. The van der Waals surface area contributed by atoms with E-state index in [-0.39, 0.29) is 0 Å². The summed E-state index contributed by atoms with van der Waals surface area (Å²) in [7, 11) is 0. The second-order valence-corrected chi connectivity index (χ2v) is 14.4. The quantitative estimate of drug-likeness (QED) is 0.131. The molecule has 1 heteroatoms. The molecule has 0 saturated heterocycles. The Balaban J connectivity index is 0.00000124. The van der Waals surface area contributed by atoms with Gasteiger partial charge in [0.05, 0.1) is 0 Å². The Bertz CT molecular complexity index is 3190. The molecule has 1 heterocycles. The monoisotopic (exact) mass is 714 g/mol. The molecule has 0 aliphatic rings. The number of allylic oxidation sites excluding steroid dienone is 1. The molecular formula is C55H38O. The first-order valence-electron chi connectivity index (χ1n) is 19.2. The van der Waals surface area contributed by atoms with Crippen molar-refractivity contribution >= 4 is 65.0 Å². The van der Waals surface area contributed by atoms with Crippen LogP contribution in [0.15, 0.2) is 211 Å². The van der Waals surface area contributed by atoms with Crippen LogP contribution in [0.3, 0.4) is 0 Å². The highest BCUT2D eigenvalue weighted by atomic mass is 16.3. The summed E-state index contributed by atoms with van der Waals surface area (Å²) in [6.07, 6.45) is 1.75. The largest absolute Gasteiger partial charge is 0.456 e. The van der Waals surface area contributed by atoms with Crippen LogP contribution in [0, 0.1) is 0 Å². The lowest BCUT2D eigenvalue weighted by molar-refractivity contribution is 0.669. The molecule has 10 aromatic carbocycles. The molecule has 0 aliphatic carbocycles. The lowest BCUT2D eigenvalue weighted by Gasteiger charge is -2.18. The van der Waals surface area contributed by atoms with Gasteiger partial charge in [-0.25, -0.2) is 0 Å². The molecule has 0 saturated carbocycles. The van der Waals surface area contributed by atoms with E-state index < -0.39 is 0 Å². The fourth-order valence-corrected chi connectivity index (χ4v) is 8.60. The van der Waals surface area contributed by atoms with E-state index in [4.69, 9.17) is 4.42 Å². The zero-order valence-electron chi connectivity index (χ0n) is 31.2. The molecule has 1 aromatic heterocycles. The highest BCUT2D eigenvalue weighted by Crippen LogP contribution is 2.45. The van der Waals surface area contributed by atoms with Crippen molar-refractivity contribution in [3.63, 3.8) is 0 Å². The Labute approximate surface area is 326 Å². The normalized spacial score (nSPS) is 11.4. The third-order valence-corrected chi connectivity index (χ3v) is 11.1. The maximum absolute atomic E-state index is 6.29. The average molecular weight is 715 g/mol. The predicted molar refractivity (Wildman–Crippen MR) is 241 cm³/mol. The number of benzene rings is 10. The topological polar surface area (TPSA) is 13.1 Å². The van der Waals surface area contributed by atoms with Gasteiger partial charge in [0.15, 0.2) is 0 Å². The minimum absolute atomic E-state index is 0.915. The number of hydrogen-bond donors (Lipinski definition) is 0. The van der Waals surface area contributed by atoms with E-state index in [2.05, 4.69) is 201 Å². The molecule has 0 unspecified atom stereocenters. The maximum Gasteiger partial charge on any atom is 0.136 e. The first kappa shape index (κ1) is 33.4. The number of fused-ring (bicyclic) bond motifs is 8. The minimum atomic E-state index is 0.915. The third-order valence-electron chi connectivity index (χ3n) is 11.1. The van der Waals surface area contributed by atoms with Crippen LogP contribution in [-0.4, -0.2) is 0 Å². The predicted octanol–water partition coefficient (Wildman–Crippen LogP) is 16.1. The molecule has 0 atom stereocenters. The molecule has 264 valence electrons. The van der Waals surface area contributed by atoms with Gasteiger partial charge in [0, 0.05) is 10.8 Å². The summed E-state index contributed by atoms with van der Waals surface area (Å²) in [4.78, 5) is 0. The van der Waals surface area contributed by atoms with Crippen LogP contribution in [0.5, 0.6) is 0 Å². The summed E-state index contributed by atoms with van der Waals surface area (Å²) in [6, 6.07) is 70.6. The van der Waals surface area contributed by atoms with Crippen LogP contribution in [0.25, 0.3) is 110 Å². The van der Waals surface area contributed by atoms with E-state index in [0.717, 1.165) is 16.6 Å². The van der Waals surface area contributed by atoms with Crippen LogP contribution < -0.4 is 0 Å². The van der Waals surface area contributed by atoms with Crippen molar-refractivity contribution < 1.29 is 4.42 Å². The van der Waals surface area contributed by atoms with E-state index >= 15 is 0 Å². The SMILES string of the molecule is C=CC.c1ccc2c(-c3ccc(-c4c5ccccc5c(-c5ccc(-c6ccc7oc8ccc9ccccc9c8c7c6)cc5)c5ccccc45)cc3)cccc2c1. The first-order valence-corrected chi connectivity index (χ1v) is 19.2. The molecule has 0 fully saturated rings. The Kier molecular flexibility index (Phi) is 8.27. The van der Waals surface area contributed by atoms with Crippen LogP contribution in [0.1, 0.15) is 6.92 Å². The Morgan fingerprint density at radius 3 is 1.38 bits per heavy atom. The molecule has 56 heavy (non-hydrogen) atoms. The number of hydrogen-bond acceptors (Lipinski definition) is 1. The molecule has 0 radical (unpaired) electrons. The molecule has 11 rings (SSSR count). The first-order chi connectivity index (χ1) is 27.7. The van der Waals surface area contributed by atoms with E-state index in [9.17, 15) is 0 Å². The molecule has 11 aromatic rings. The van der Waals surface area contributed by atoms with Gasteiger partial charge in [-0.15, -0.1) is 6.58 Å². The van der Waals surface area contributed by atoms with Crippen molar-refractivity contribution in [1.82, 2.24) is 0 Å². The molecular weight excluding hydrogens is 677 g/mol. The number of furan rings is 1. The van der Waals surface area contributed by atoms with Crippen LogP contribution in [0.4, 0.5) is 0 Å². The molecule has 0 amide bonds. The summed E-state index contributed by atoms with van der Waals surface area (Å²) in [5, 5.41) is 12.3. The molecule has 0 spiro atoms. The lowest BCUT2D eigenvalue weighted by atomic mass is 9.85. The van der Waals surface area contributed by atoms with Gasteiger partial charge in [0.1, 0.15) is 11.2 Å². The third kappa shape index (κ3) is 5.56.